The fourth-order valence-corrected chi connectivity index (χ4v) is 1.67. The number of hydrogen-bond acceptors (Lipinski definition) is 3. The van der Waals surface area contributed by atoms with Gasteiger partial charge in [-0.05, 0) is 32.8 Å². The van der Waals surface area contributed by atoms with E-state index >= 15 is 0 Å². The first-order valence-corrected chi connectivity index (χ1v) is 6.74. The first kappa shape index (κ1) is 15.5. The number of nitrogens with one attached hydrogen (secondary N) is 1. The van der Waals surface area contributed by atoms with Gasteiger partial charge in [0.15, 0.2) is 0 Å². The Morgan fingerprint density at radius 2 is 2.05 bits per heavy atom. The van der Waals surface area contributed by atoms with E-state index in [4.69, 9.17) is 4.74 Å². The Labute approximate surface area is 114 Å². The highest BCUT2D eigenvalue weighted by atomic mass is 16.5. The molecule has 0 aliphatic heterocycles. The Morgan fingerprint density at radius 3 is 2.74 bits per heavy atom. The summed E-state index contributed by atoms with van der Waals surface area (Å²) in [5.74, 6) is 0.106. The first-order chi connectivity index (χ1) is 9.09. The van der Waals surface area contributed by atoms with Gasteiger partial charge in [0.25, 0.3) is 0 Å². The standard InChI is InChI=1S/C15H23NO3/c1-12(2)19-10-6-5-9-16-15(18)11-13-7-3-4-8-14(13)17/h3-4,7-8,12,17H,5-6,9-11H2,1-2H3,(H,16,18). The van der Waals surface area contributed by atoms with Gasteiger partial charge >= 0.3 is 0 Å². The van der Waals surface area contributed by atoms with Crippen molar-refractivity contribution in [2.75, 3.05) is 13.2 Å². The van der Waals surface area contributed by atoms with Crippen LogP contribution in [0, 0.1) is 0 Å². The van der Waals surface area contributed by atoms with Gasteiger partial charge < -0.3 is 15.2 Å². The Kier molecular flexibility index (Phi) is 6.97. The normalized spacial score (nSPS) is 10.7. The molecule has 2 N–H and O–H groups in total. The summed E-state index contributed by atoms with van der Waals surface area (Å²) < 4.78 is 5.41. The first-order valence-electron chi connectivity index (χ1n) is 6.74. The maximum absolute atomic E-state index is 11.7. The molecule has 0 saturated carbocycles. The minimum Gasteiger partial charge on any atom is -0.508 e. The van der Waals surface area contributed by atoms with Crippen LogP contribution in [0.15, 0.2) is 24.3 Å². The number of carbonyl (C=O) groups excluding carboxylic acids is 1. The highest BCUT2D eigenvalue weighted by Gasteiger charge is 2.06. The Morgan fingerprint density at radius 1 is 1.32 bits per heavy atom. The van der Waals surface area contributed by atoms with E-state index in [0.717, 1.165) is 19.4 Å². The van der Waals surface area contributed by atoms with Crippen LogP contribution in [-0.4, -0.2) is 30.3 Å². The van der Waals surface area contributed by atoms with Gasteiger partial charge in [-0.3, -0.25) is 4.79 Å². The van der Waals surface area contributed by atoms with Crippen molar-refractivity contribution >= 4 is 5.91 Å². The lowest BCUT2D eigenvalue weighted by molar-refractivity contribution is -0.120. The summed E-state index contributed by atoms with van der Waals surface area (Å²) in [4.78, 5) is 11.7. The van der Waals surface area contributed by atoms with Crippen LogP contribution in [0.1, 0.15) is 32.3 Å². The molecule has 0 unspecified atom stereocenters. The number of rotatable bonds is 8. The summed E-state index contributed by atoms with van der Waals surface area (Å²) >= 11 is 0. The fraction of sp³-hybridized carbons (Fsp3) is 0.533. The average molecular weight is 265 g/mol. The average Bonchev–Trinajstić information content (AvgIpc) is 2.36. The van der Waals surface area contributed by atoms with Crippen LogP contribution in [0.5, 0.6) is 5.75 Å². The maximum Gasteiger partial charge on any atom is 0.224 e. The van der Waals surface area contributed by atoms with Crippen LogP contribution in [0.2, 0.25) is 0 Å². The molecular formula is C15H23NO3. The number of carbonyl (C=O) groups is 1. The van der Waals surface area contributed by atoms with E-state index in [0.29, 0.717) is 12.1 Å². The molecule has 0 heterocycles. The molecule has 19 heavy (non-hydrogen) atoms. The predicted octanol–water partition coefficient (Wildman–Crippen LogP) is 2.26. The van der Waals surface area contributed by atoms with Crippen molar-refractivity contribution in [2.45, 2.75) is 39.2 Å². The minimum atomic E-state index is -0.0636. The van der Waals surface area contributed by atoms with E-state index < -0.39 is 0 Å². The molecule has 1 aromatic rings. The maximum atomic E-state index is 11.7. The Bertz CT molecular complexity index is 391. The highest BCUT2D eigenvalue weighted by Crippen LogP contribution is 2.15. The van der Waals surface area contributed by atoms with Crippen molar-refractivity contribution in [1.29, 1.82) is 0 Å². The molecule has 106 valence electrons. The zero-order valence-electron chi connectivity index (χ0n) is 11.7. The molecule has 0 aliphatic rings. The van der Waals surface area contributed by atoms with Gasteiger partial charge in [-0.1, -0.05) is 18.2 Å². The lowest BCUT2D eigenvalue weighted by Gasteiger charge is -2.08. The molecule has 0 atom stereocenters. The fourth-order valence-electron chi connectivity index (χ4n) is 1.67. The van der Waals surface area contributed by atoms with Gasteiger partial charge in [-0.25, -0.2) is 0 Å². The summed E-state index contributed by atoms with van der Waals surface area (Å²) in [6.07, 6.45) is 2.32. The monoisotopic (exact) mass is 265 g/mol. The van der Waals surface area contributed by atoms with E-state index in [9.17, 15) is 9.90 Å². The molecule has 1 rings (SSSR count). The number of amides is 1. The molecule has 0 bridgehead atoms. The van der Waals surface area contributed by atoms with Crippen molar-refractivity contribution in [3.63, 3.8) is 0 Å². The SMILES string of the molecule is CC(C)OCCCCNC(=O)Cc1ccccc1O. The molecule has 0 saturated heterocycles. The van der Waals surface area contributed by atoms with Crippen LogP contribution in [0.25, 0.3) is 0 Å². The zero-order chi connectivity index (χ0) is 14.1. The number of unbranched alkanes of at least 4 members (excludes halogenated alkanes) is 1. The van der Waals surface area contributed by atoms with Crippen molar-refractivity contribution < 1.29 is 14.6 Å². The van der Waals surface area contributed by atoms with Crippen LogP contribution in [0.3, 0.4) is 0 Å². The summed E-state index contributed by atoms with van der Waals surface area (Å²) in [6, 6.07) is 6.90. The van der Waals surface area contributed by atoms with Crippen molar-refractivity contribution in [1.82, 2.24) is 5.32 Å². The predicted molar refractivity (Wildman–Crippen MR) is 75.1 cm³/mol. The Balaban J connectivity index is 2.13. The summed E-state index contributed by atoms with van der Waals surface area (Å²) in [6.45, 7) is 5.39. The van der Waals surface area contributed by atoms with Gasteiger partial charge in [-0.2, -0.15) is 0 Å². The van der Waals surface area contributed by atoms with Crippen molar-refractivity contribution in [3.05, 3.63) is 29.8 Å². The molecule has 1 amide bonds. The number of phenolic OH excluding ortho intramolecular Hbond substituents is 1. The van der Waals surface area contributed by atoms with E-state index in [1.165, 1.54) is 0 Å². The summed E-state index contributed by atoms with van der Waals surface area (Å²) in [5, 5.41) is 12.4. The van der Waals surface area contributed by atoms with Crippen molar-refractivity contribution in [3.8, 4) is 5.75 Å². The zero-order valence-corrected chi connectivity index (χ0v) is 11.7. The smallest absolute Gasteiger partial charge is 0.224 e. The lowest BCUT2D eigenvalue weighted by Crippen LogP contribution is -2.26. The molecule has 4 heteroatoms. The molecular weight excluding hydrogens is 242 g/mol. The molecule has 0 radical (unpaired) electrons. The van der Waals surface area contributed by atoms with Crippen molar-refractivity contribution in [2.24, 2.45) is 0 Å². The number of benzene rings is 1. The topological polar surface area (TPSA) is 58.6 Å². The largest absolute Gasteiger partial charge is 0.508 e. The van der Waals surface area contributed by atoms with E-state index in [1.807, 2.05) is 19.9 Å². The minimum absolute atomic E-state index is 0.0636. The second-order valence-corrected chi connectivity index (χ2v) is 4.78. The molecule has 0 aliphatic carbocycles. The number of para-hydroxylation sites is 1. The third-order valence-corrected chi connectivity index (χ3v) is 2.69. The van der Waals surface area contributed by atoms with E-state index in [2.05, 4.69) is 5.32 Å². The highest BCUT2D eigenvalue weighted by molar-refractivity contribution is 5.79. The van der Waals surface area contributed by atoms with Gasteiger partial charge in [-0.15, -0.1) is 0 Å². The van der Waals surface area contributed by atoms with Gasteiger partial charge in [0, 0.05) is 18.7 Å². The summed E-state index contributed by atoms with van der Waals surface area (Å²) in [7, 11) is 0. The third kappa shape index (κ3) is 6.82. The molecule has 1 aromatic carbocycles. The van der Waals surface area contributed by atoms with Crippen LogP contribution < -0.4 is 5.32 Å². The number of aromatic hydroxyl groups is 1. The number of hydrogen-bond donors (Lipinski definition) is 2. The molecule has 0 aromatic heterocycles. The Hall–Kier alpha value is -1.55. The molecule has 0 fully saturated rings. The summed E-state index contributed by atoms with van der Waals surface area (Å²) in [5.41, 5.74) is 0.656. The van der Waals surface area contributed by atoms with Crippen LogP contribution >= 0.6 is 0 Å². The second-order valence-electron chi connectivity index (χ2n) is 4.78. The molecule has 0 spiro atoms. The van der Waals surface area contributed by atoms with Gasteiger partial charge in [0.1, 0.15) is 5.75 Å². The lowest BCUT2D eigenvalue weighted by atomic mass is 10.1. The van der Waals surface area contributed by atoms with Gasteiger partial charge in [0.05, 0.1) is 12.5 Å². The number of ether oxygens (including phenoxy) is 1. The number of phenols is 1. The third-order valence-electron chi connectivity index (χ3n) is 2.69. The van der Waals surface area contributed by atoms with Gasteiger partial charge in [0.2, 0.25) is 5.91 Å². The van der Waals surface area contributed by atoms with E-state index in [-0.39, 0.29) is 24.2 Å². The quantitative estimate of drug-likeness (QED) is 0.709. The van der Waals surface area contributed by atoms with Crippen LogP contribution in [-0.2, 0) is 16.0 Å². The van der Waals surface area contributed by atoms with E-state index in [1.54, 1.807) is 18.2 Å². The van der Waals surface area contributed by atoms with Crippen LogP contribution in [0.4, 0.5) is 0 Å². The second kappa shape index (κ2) is 8.53. The molecule has 4 nitrogen and oxygen atoms in total.